The summed E-state index contributed by atoms with van der Waals surface area (Å²) in [7, 11) is 2.10. The molecule has 2 N–H and O–H groups in total. The van der Waals surface area contributed by atoms with E-state index in [4.69, 9.17) is 0 Å². The fourth-order valence-corrected chi connectivity index (χ4v) is 4.37. The van der Waals surface area contributed by atoms with Gasteiger partial charge in [-0.05, 0) is 50.0 Å². The Morgan fingerprint density at radius 2 is 2.07 bits per heavy atom. The molecule has 144 valence electrons. The van der Waals surface area contributed by atoms with Crippen molar-refractivity contribution in [1.82, 2.24) is 20.4 Å². The SMILES string of the molecule is CN(Cc1ccc2c(c1)C(=O)N(C1CCC(=O)NC1=O)C2)C[C@@H]1CCCN1. The third kappa shape index (κ3) is 3.75. The highest BCUT2D eigenvalue weighted by Crippen LogP contribution is 2.28. The molecule has 0 saturated carbocycles. The highest BCUT2D eigenvalue weighted by atomic mass is 16.2. The summed E-state index contributed by atoms with van der Waals surface area (Å²) in [6.45, 7) is 3.31. The third-order valence-electron chi connectivity index (χ3n) is 5.74. The monoisotopic (exact) mass is 370 g/mol. The minimum atomic E-state index is -0.554. The molecular weight excluding hydrogens is 344 g/mol. The normalized spacial score (nSPS) is 25.3. The highest BCUT2D eigenvalue weighted by molar-refractivity contribution is 6.05. The van der Waals surface area contributed by atoms with E-state index in [0.717, 1.165) is 30.8 Å². The summed E-state index contributed by atoms with van der Waals surface area (Å²) in [5.41, 5.74) is 2.74. The van der Waals surface area contributed by atoms with Crippen LogP contribution in [0.25, 0.3) is 0 Å². The van der Waals surface area contributed by atoms with Gasteiger partial charge in [0.15, 0.2) is 0 Å². The van der Waals surface area contributed by atoms with Gasteiger partial charge in [0, 0.05) is 37.7 Å². The van der Waals surface area contributed by atoms with Crippen molar-refractivity contribution in [2.24, 2.45) is 0 Å². The molecule has 1 unspecified atom stereocenters. The second kappa shape index (κ2) is 7.40. The van der Waals surface area contributed by atoms with Gasteiger partial charge in [0.25, 0.3) is 5.91 Å². The fraction of sp³-hybridized carbons (Fsp3) is 0.550. The molecule has 2 atom stereocenters. The molecule has 3 aliphatic heterocycles. The van der Waals surface area contributed by atoms with Crippen molar-refractivity contribution >= 4 is 17.7 Å². The Morgan fingerprint density at radius 3 is 2.81 bits per heavy atom. The maximum absolute atomic E-state index is 12.9. The predicted molar refractivity (Wildman–Crippen MR) is 99.8 cm³/mol. The highest BCUT2D eigenvalue weighted by Gasteiger charge is 2.39. The Hall–Kier alpha value is -2.25. The first-order valence-electron chi connectivity index (χ1n) is 9.69. The van der Waals surface area contributed by atoms with Crippen LogP contribution in [0.3, 0.4) is 0 Å². The molecule has 0 bridgehead atoms. The molecule has 7 nitrogen and oxygen atoms in total. The van der Waals surface area contributed by atoms with Crippen molar-refractivity contribution < 1.29 is 14.4 Å². The summed E-state index contributed by atoms with van der Waals surface area (Å²) in [5, 5.41) is 5.85. The van der Waals surface area contributed by atoms with Crippen LogP contribution in [-0.2, 0) is 22.7 Å². The molecule has 0 aromatic heterocycles. The van der Waals surface area contributed by atoms with E-state index in [1.165, 1.54) is 12.8 Å². The molecule has 2 fully saturated rings. The summed E-state index contributed by atoms with van der Waals surface area (Å²) in [6.07, 6.45) is 3.13. The largest absolute Gasteiger partial charge is 0.322 e. The average Bonchev–Trinajstić information content (AvgIpc) is 3.24. The number of carbonyl (C=O) groups is 3. The average molecular weight is 370 g/mol. The topological polar surface area (TPSA) is 81.8 Å². The standard InChI is InChI=1S/C20H26N4O3/c1-23(12-15-3-2-8-21-15)10-13-4-5-14-11-24(20(27)16(14)9-13)17-6-7-18(25)22-19(17)26/h4-5,9,15,17,21H,2-3,6-8,10-12H2,1H3,(H,22,25,26)/t15-,17?/m0/s1. The maximum atomic E-state index is 12.9. The molecular formula is C20H26N4O3. The number of nitrogens with one attached hydrogen (secondary N) is 2. The van der Waals surface area contributed by atoms with E-state index < -0.39 is 6.04 Å². The van der Waals surface area contributed by atoms with Crippen LogP contribution in [0.2, 0.25) is 0 Å². The Balaban J connectivity index is 1.43. The molecule has 0 radical (unpaired) electrons. The van der Waals surface area contributed by atoms with E-state index in [2.05, 4.69) is 28.6 Å². The van der Waals surface area contributed by atoms with E-state index in [1.54, 1.807) is 4.90 Å². The lowest BCUT2D eigenvalue weighted by Crippen LogP contribution is -2.52. The van der Waals surface area contributed by atoms with Gasteiger partial charge in [0.2, 0.25) is 11.8 Å². The number of fused-ring (bicyclic) bond motifs is 1. The van der Waals surface area contributed by atoms with Crippen LogP contribution in [-0.4, -0.2) is 59.7 Å². The molecule has 3 aliphatic rings. The molecule has 3 heterocycles. The number of piperidine rings is 1. The molecule has 1 aromatic carbocycles. The summed E-state index contributed by atoms with van der Waals surface area (Å²) >= 11 is 0. The summed E-state index contributed by atoms with van der Waals surface area (Å²) in [5.74, 6) is -0.736. The number of benzene rings is 1. The van der Waals surface area contributed by atoms with Crippen molar-refractivity contribution in [3.05, 3.63) is 34.9 Å². The quantitative estimate of drug-likeness (QED) is 0.743. The zero-order valence-corrected chi connectivity index (χ0v) is 15.7. The lowest BCUT2D eigenvalue weighted by Gasteiger charge is -2.29. The van der Waals surface area contributed by atoms with E-state index in [-0.39, 0.29) is 24.1 Å². The fourth-order valence-electron chi connectivity index (χ4n) is 4.37. The zero-order valence-electron chi connectivity index (χ0n) is 15.7. The van der Waals surface area contributed by atoms with Crippen LogP contribution in [0.15, 0.2) is 18.2 Å². The molecule has 27 heavy (non-hydrogen) atoms. The van der Waals surface area contributed by atoms with Gasteiger partial charge in [-0.3, -0.25) is 19.7 Å². The van der Waals surface area contributed by atoms with E-state index in [9.17, 15) is 14.4 Å². The van der Waals surface area contributed by atoms with Crippen LogP contribution in [0.4, 0.5) is 0 Å². The number of likely N-dealkylation sites (N-methyl/N-ethyl adjacent to an activating group) is 1. The molecule has 0 aliphatic carbocycles. The second-order valence-electron chi connectivity index (χ2n) is 7.88. The van der Waals surface area contributed by atoms with Crippen molar-refractivity contribution in [3.63, 3.8) is 0 Å². The van der Waals surface area contributed by atoms with Gasteiger partial charge in [-0.25, -0.2) is 0 Å². The minimum absolute atomic E-state index is 0.110. The Kier molecular flexibility index (Phi) is 4.97. The van der Waals surface area contributed by atoms with Crippen LogP contribution in [0.1, 0.15) is 47.2 Å². The number of carbonyl (C=O) groups excluding carboxylic acids is 3. The molecule has 3 amide bonds. The minimum Gasteiger partial charge on any atom is -0.322 e. The second-order valence-corrected chi connectivity index (χ2v) is 7.88. The predicted octanol–water partition coefficient (Wildman–Crippen LogP) is 0.631. The van der Waals surface area contributed by atoms with Gasteiger partial charge >= 0.3 is 0 Å². The Morgan fingerprint density at radius 1 is 1.22 bits per heavy atom. The molecule has 0 spiro atoms. The smallest absolute Gasteiger partial charge is 0.255 e. The van der Waals surface area contributed by atoms with Crippen molar-refractivity contribution in [2.75, 3.05) is 20.1 Å². The summed E-state index contributed by atoms with van der Waals surface area (Å²) in [6, 6.07) is 6.02. The van der Waals surface area contributed by atoms with Crippen LogP contribution in [0.5, 0.6) is 0 Å². The van der Waals surface area contributed by atoms with Gasteiger partial charge in [0.1, 0.15) is 6.04 Å². The first-order chi connectivity index (χ1) is 13.0. The molecule has 2 saturated heterocycles. The van der Waals surface area contributed by atoms with E-state index in [1.807, 2.05) is 12.1 Å². The molecule has 4 rings (SSSR count). The maximum Gasteiger partial charge on any atom is 0.255 e. The Bertz CT molecular complexity index is 772. The van der Waals surface area contributed by atoms with Gasteiger partial charge in [-0.2, -0.15) is 0 Å². The number of amides is 3. The van der Waals surface area contributed by atoms with Gasteiger partial charge in [-0.15, -0.1) is 0 Å². The van der Waals surface area contributed by atoms with Crippen molar-refractivity contribution in [2.45, 2.75) is 50.9 Å². The number of hydrogen-bond donors (Lipinski definition) is 2. The summed E-state index contributed by atoms with van der Waals surface area (Å²) < 4.78 is 0. The Labute approximate surface area is 159 Å². The number of nitrogens with zero attached hydrogens (tertiary/aromatic N) is 2. The molecule has 1 aromatic rings. The lowest BCUT2D eigenvalue weighted by molar-refractivity contribution is -0.136. The number of hydrogen-bond acceptors (Lipinski definition) is 5. The zero-order chi connectivity index (χ0) is 19.0. The molecule has 7 heteroatoms. The van der Waals surface area contributed by atoms with Gasteiger partial charge in [0.05, 0.1) is 0 Å². The van der Waals surface area contributed by atoms with Gasteiger partial charge in [-0.1, -0.05) is 12.1 Å². The van der Waals surface area contributed by atoms with E-state index in [0.29, 0.717) is 24.6 Å². The number of imide groups is 1. The summed E-state index contributed by atoms with van der Waals surface area (Å²) in [4.78, 5) is 40.2. The lowest BCUT2D eigenvalue weighted by atomic mass is 10.0. The van der Waals surface area contributed by atoms with Gasteiger partial charge < -0.3 is 15.1 Å². The van der Waals surface area contributed by atoms with Crippen molar-refractivity contribution in [1.29, 1.82) is 0 Å². The van der Waals surface area contributed by atoms with Crippen LogP contribution >= 0.6 is 0 Å². The first kappa shape index (κ1) is 18.1. The third-order valence-corrected chi connectivity index (χ3v) is 5.74. The van der Waals surface area contributed by atoms with Crippen molar-refractivity contribution in [3.8, 4) is 0 Å². The first-order valence-corrected chi connectivity index (χ1v) is 9.69. The van der Waals surface area contributed by atoms with Crippen LogP contribution in [0, 0.1) is 0 Å². The van der Waals surface area contributed by atoms with Crippen LogP contribution < -0.4 is 10.6 Å². The number of rotatable bonds is 5. The van der Waals surface area contributed by atoms with E-state index >= 15 is 0 Å².